The highest BCUT2D eigenvalue weighted by Crippen LogP contribution is 2.41. The molecule has 1 aliphatic rings. The van der Waals surface area contributed by atoms with E-state index in [4.69, 9.17) is 5.10 Å². The van der Waals surface area contributed by atoms with Gasteiger partial charge < -0.3 is 10.4 Å². The van der Waals surface area contributed by atoms with Gasteiger partial charge >= 0.3 is 5.97 Å². The molecule has 1 fully saturated rings. The third-order valence-electron chi connectivity index (χ3n) is 8.27. The molecular weight excluding hydrogens is 522 g/mol. The van der Waals surface area contributed by atoms with Gasteiger partial charge in [0.25, 0.3) is 5.91 Å². The predicted molar refractivity (Wildman–Crippen MR) is 166 cm³/mol. The van der Waals surface area contributed by atoms with E-state index in [0.717, 1.165) is 40.6 Å². The Morgan fingerprint density at radius 1 is 0.929 bits per heavy atom. The quantitative estimate of drug-likeness (QED) is 0.194. The summed E-state index contributed by atoms with van der Waals surface area (Å²) in [6, 6.07) is 29.4. The molecule has 1 saturated carbocycles. The lowest BCUT2D eigenvalue weighted by molar-refractivity contribution is 0.0697. The molecule has 6 rings (SSSR count). The number of fused-ring (bicyclic) bond motifs is 1. The number of amides is 1. The second kappa shape index (κ2) is 11.3. The van der Waals surface area contributed by atoms with Gasteiger partial charge in [0, 0.05) is 10.9 Å². The molecule has 212 valence electrons. The number of nitrogens with one attached hydrogen (secondary N) is 1. The minimum absolute atomic E-state index is 0.0150. The fourth-order valence-electron chi connectivity index (χ4n) is 5.72. The van der Waals surface area contributed by atoms with Crippen molar-refractivity contribution >= 4 is 22.8 Å². The topological polar surface area (TPSA) is 84.2 Å². The van der Waals surface area contributed by atoms with Gasteiger partial charge in [-0.25, -0.2) is 4.79 Å². The maximum absolute atomic E-state index is 13.5. The molecule has 6 heteroatoms. The summed E-state index contributed by atoms with van der Waals surface area (Å²) in [5.41, 5.74) is 7.82. The Balaban J connectivity index is 1.21. The summed E-state index contributed by atoms with van der Waals surface area (Å²) in [6.07, 6.45) is 2.27. The van der Waals surface area contributed by atoms with E-state index in [2.05, 4.69) is 43.4 Å². The van der Waals surface area contributed by atoms with Crippen LogP contribution in [0.15, 0.2) is 91.0 Å². The van der Waals surface area contributed by atoms with E-state index in [-0.39, 0.29) is 17.5 Å². The Bertz CT molecular complexity index is 1780. The average molecular weight is 558 g/mol. The fourth-order valence-corrected chi connectivity index (χ4v) is 5.72. The number of aryl methyl sites for hydroxylation is 1. The van der Waals surface area contributed by atoms with Crippen LogP contribution in [0.1, 0.15) is 81.7 Å². The molecule has 2 N–H and O–H groups in total. The number of aromatic nitrogens is 2. The third kappa shape index (κ3) is 5.57. The van der Waals surface area contributed by atoms with Crippen molar-refractivity contribution in [2.75, 3.05) is 0 Å². The summed E-state index contributed by atoms with van der Waals surface area (Å²) in [4.78, 5) is 25.1. The minimum Gasteiger partial charge on any atom is -0.478 e. The second-order valence-electron chi connectivity index (χ2n) is 11.6. The van der Waals surface area contributed by atoms with E-state index < -0.39 is 5.97 Å². The van der Waals surface area contributed by atoms with Crippen LogP contribution in [0.2, 0.25) is 0 Å². The van der Waals surface area contributed by atoms with E-state index >= 15 is 0 Å². The number of rotatable bonds is 9. The van der Waals surface area contributed by atoms with Gasteiger partial charge in [-0.1, -0.05) is 80.6 Å². The predicted octanol–water partition coefficient (Wildman–Crippen LogP) is 7.76. The zero-order valence-electron chi connectivity index (χ0n) is 24.2. The standard InChI is InChI=1S/C36H35N3O3/c1-22(2)27-7-6-8-28(19-27)34(26-15-16-26)37-35(40)29-17-18-33-32(20-29)23(3)38-39(33)21-24-11-13-25(14-12-24)30-9-4-5-10-31(30)36(41)42/h4-14,17-20,22,26,34H,15-16,21H2,1-3H3,(H,37,40)(H,41,42)/t34-/m0/s1. The number of hydrogen-bond donors (Lipinski definition) is 2. The molecule has 0 unspecified atom stereocenters. The lowest BCUT2D eigenvalue weighted by Gasteiger charge is -2.20. The first kappa shape index (κ1) is 27.5. The lowest BCUT2D eigenvalue weighted by Crippen LogP contribution is -2.30. The maximum atomic E-state index is 13.5. The zero-order valence-corrected chi connectivity index (χ0v) is 24.2. The summed E-state index contributed by atoms with van der Waals surface area (Å²) >= 11 is 0. The number of hydrogen-bond acceptors (Lipinski definition) is 3. The fraction of sp³-hybridized carbons (Fsp3) is 0.250. The van der Waals surface area contributed by atoms with E-state index in [1.165, 1.54) is 11.1 Å². The van der Waals surface area contributed by atoms with Crippen molar-refractivity contribution < 1.29 is 14.7 Å². The lowest BCUT2D eigenvalue weighted by atomic mass is 9.95. The first-order valence-corrected chi connectivity index (χ1v) is 14.6. The molecule has 6 nitrogen and oxygen atoms in total. The highest BCUT2D eigenvalue weighted by molar-refractivity contribution is 5.99. The molecule has 42 heavy (non-hydrogen) atoms. The largest absolute Gasteiger partial charge is 0.478 e. The van der Waals surface area contributed by atoms with Crippen LogP contribution in [-0.4, -0.2) is 26.8 Å². The second-order valence-corrected chi connectivity index (χ2v) is 11.6. The Hall–Kier alpha value is -4.71. The van der Waals surface area contributed by atoms with Gasteiger partial charge in [-0.3, -0.25) is 9.48 Å². The summed E-state index contributed by atoms with van der Waals surface area (Å²) in [6.45, 7) is 6.92. The molecule has 1 amide bonds. The molecule has 5 aromatic rings. The van der Waals surface area contributed by atoms with Crippen LogP contribution >= 0.6 is 0 Å². The molecule has 0 aliphatic heterocycles. The van der Waals surface area contributed by atoms with Crippen molar-refractivity contribution in [2.24, 2.45) is 5.92 Å². The molecule has 0 spiro atoms. The van der Waals surface area contributed by atoms with Crippen LogP contribution in [0.25, 0.3) is 22.0 Å². The molecule has 0 bridgehead atoms. The minimum atomic E-state index is -0.940. The Labute approximate surface area is 246 Å². The van der Waals surface area contributed by atoms with Gasteiger partial charge in [-0.15, -0.1) is 0 Å². The van der Waals surface area contributed by atoms with Gasteiger partial charge in [-0.2, -0.15) is 5.10 Å². The normalized spacial score (nSPS) is 13.8. The molecule has 1 heterocycles. The van der Waals surface area contributed by atoms with E-state index in [1.54, 1.807) is 12.1 Å². The monoisotopic (exact) mass is 557 g/mol. The van der Waals surface area contributed by atoms with Crippen molar-refractivity contribution in [2.45, 2.75) is 52.1 Å². The highest BCUT2D eigenvalue weighted by atomic mass is 16.4. The van der Waals surface area contributed by atoms with Crippen LogP contribution in [0.3, 0.4) is 0 Å². The molecule has 1 atom stereocenters. The Morgan fingerprint density at radius 3 is 2.38 bits per heavy atom. The average Bonchev–Trinajstić information content (AvgIpc) is 3.80. The van der Waals surface area contributed by atoms with Gasteiger partial charge in [0.15, 0.2) is 0 Å². The van der Waals surface area contributed by atoms with Crippen molar-refractivity contribution in [3.8, 4) is 11.1 Å². The van der Waals surface area contributed by atoms with Crippen LogP contribution in [-0.2, 0) is 6.54 Å². The van der Waals surface area contributed by atoms with Gasteiger partial charge in [0.2, 0.25) is 0 Å². The summed E-state index contributed by atoms with van der Waals surface area (Å²) in [5, 5.41) is 18.6. The first-order chi connectivity index (χ1) is 20.3. The van der Waals surface area contributed by atoms with Gasteiger partial charge in [-0.05, 0) is 83.7 Å². The number of aromatic carboxylic acids is 1. The van der Waals surface area contributed by atoms with Crippen LogP contribution in [0, 0.1) is 12.8 Å². The first-order valence-electron chi connectivity index (χ1n) is 14.6. The molecule has 1 aromatic heterocycles. The van der Waals surface area contributed by atoms with Crippen LogP contribution < -0.4 is 5.32 Å². The van der Waals surface area contributed by atoms with E-state index in [1.807, 2.05) is 66.2 Å². The third-order valence-corrected chi connectivity index (χ3v) is 8.27. The summed E-state index contributed by atoms with van der Waals surface area (Å²) < 4.78 is 1.96. The molecule has 1 aliphatic carbocycles. The molecule has 4 aromatic carbocycles. The van der Waals surface area contributed by atoms with Gasteiger partial charge in [0.1, 0.15) is 0 Å². The van der Waals surface area contributed by atoms with Crippen LogP contribution in [0.5, 0.6) is 0 Å². The number of carbonyl (C=O) groups excluding carboxylic acids is 1. The summed E-state index contributed by atoms with van der Waals surface area (Å²) in [5.74, 6) is -0.0830. The molecule has 0 radical (unpaired) electrons. The van der Waals surface area contributed by atoms with Crippen LogP contribution in [0.4, 0.5) is 0 Å². The smallest absolute Gasteiger partial charge is 0.336 e. The maximum Gasteiger partial charge on any atom is 0.336 e. The van der Waals surface area contributed by atoms with Gasteiger partial charge in [0.05, 0.1) is 29.4 Å². The SMILES string of the molecule is Cc1nn(Cc2ccc(-c3ccccc3C(=O)O)cc2)c2ccc(C(=O)N[C@H](c3cccc(C(C)C)c3)C3CC3)cc12. The van der Waals surface area contributed by atoms with E-state index in [9.17, 15) is 14.7 Å². The Kier molecular flexibility index (Phi) is 7.38. The molecular formula is C36H35N3O3. The summed E-state index contributed by atoms with van der Waals surface area (Å²) in [7, 11) is 0. The zero-order chi connectivity index (χ0) is 29.4. The van der Waals surface area contributed by atoms with Crippen molar-refractivity contribution in [1.82, 2.24) is 15.1 Å². The van der Waals surface area contributed by atoms with Crippen molar-refractivity contribution in [3.05, 3.63) is 125 Å². The number of benzene rings is 4. The Morgan fingerprint density at radius 2 is 1.67 bits per heavy atom. The number of carboxylic acids is 1. The van der Waals surface area contributed by atoms with Crippen molar-refractivity contribution in [1.29, 1.82) is 0 Å². The number of carboxylic acid groups (broad SMARTS) is 1. The number of carbonyl (C=O) groups is 2. The highest BCUT2D eigenvalue weighted by Gasteiger charge is 2.34. The molecule has 0 saturated heterocycles. The number of nitrogens with zero attached hydrogens (tertiary/aromatic N) is 2. The van der Waals surface area contributed by atoms with Crippen molar-refractivity contribution in [3.63, 3.8) is 0 Å². The van der Waals surface area contributed by atoms with E-state index in [0.29, 0.717) is 29.5 Å².